The third kappa shape index (κ3) is 1.77. The Morgan fingerprint density at radius 3 is 2.43 bits per heavy atom. The highest BCUT2D eigenvalue weighted by Crippen LogP contribution is 3.11. The smallest absolute Gasteiger partial charge is 0.338 e. The Bertz CT molecular complexity index is 1420. The molecule has 1 aromatic carbocycles. The van der Waals surface area contributed by atoms with Crippen LogP contribution in [-0.2, 0) is 14.3 Å². The van der Waals surface area contributed by atoms with Crippen LogP contribution in [0.15, 0.2) is 44.4 Å². The number of carbonyl (C=O) groups excluding carboxylic acids is 1. The lowest BCUT2D eigenvalue weighted by atomic mass is 8.92. The highest BCUT2D eigenvalue weighted by molar-refractivity contribution is 9.10. The summed E-state index contributed by atoms with van der Waals surface area (Å²) in [5.41, 5.74) is 0.379. The number of nitrogens with zero attached hydrogens (tertiary/aromatic N) is 2. The van der Waals surface area contributed by atoms with E-state index in [0.717, 1.165) is 6.07 Å². The number of thiazole rings is 1. The average Bonchev–Trinajstić information content (AvgIpc) is 3.41. The van der Waals surface area contributed by atoms with Crippen LogP contribution in [0.3, 0.4) is 0 Å². The van der Waals surface area contributed by atoms with Crippen LogP contribution in [0.25, 0.3) is 0 Å². The summed E-state index contributed by atoms with van der Waals surface area (Å²) in [7, 11) is 1.28. The van der Waals surface area contributed by atoms with Gasteiger partial charge in [0.1, 0.15) is 6.04 Å². The highest BCUT2D eigenvalue weighted by Gasteiger charge is 3.12. The van der Waals surface area contributed by atoms with Gasteiger partial charge in [0.2, 0.25) is 0 Å². The van der Waals surface area contributed by atoms with Gasteiger partial charge in [0.25, 0.3) is 0 Å². The van der Waals surface area contributed by atoms with Crippen LogP contribution in [0.4, 0.5) is 8.78 Å². The van der Waals surface area contributed by atoms with Gasteiger partial charge < -0.3 is 15.2 Å². The maximum Gasteiger partial charge on any atom is 0.338 e. The fourth-order valence-electron chi connectivity index (χ4n) is 9.10. The Morgan fingerprint density at radius 2 is 1.86 bits per heavy atom. The SMILES string of the molecule is COC(=O)C1=C(C23C4C5C2C2C3C4C52C(=O)O)NC(c2nccs2)=N[C@@H]1c1ccc(F)c(F)c1Br. The van der Waals surface area contributed by atoms with Crippen molar-refractivity contribution in [3.8, 4) is 0 Å². The van der Waals surface area contributed by atoms with E-state index in [1.165, 1.54) is 24.5 Å². The fraction of sp³-hybridized carbons (Fsp3) is 0.417. The molecule has 1 atom stereocenters. The zero-order chi connectivity index (χ0) is 24.2. The second-order valence-electron chi connectivity index (χ2n) is 10.2. The second-order valence-corrected chi connectivity index (χ2v) is 11.9. The Labute approximate surface area is 209 Å². The maximum absolute atomic E-state index is 14.6. The van der Waals surface area contributed by atoms with Crippen molar-refractivity contribution in [1.29, 1.82) is 0 Å². The highest BCUT2D eigenvalue weighted by atomic mass is 79.9. The zero-order valence-corrected chi connectivity index (χ0v) is 20.4. The molecule has 178 valence electrons. The van der Waals surface area contributed by atoms with Crippen molar-refractivity contribution < 1.29 is 28.2 Å². The molecule has 7 nitrogen and oxygen atoms in total. The average molecular weight is 560 g/mol. The number of benzene rings is 1. The lowest BCUT2D eigenvalue weighted by Gasteiger charge is -3.10. The van der Waals surface area contributed by atoms with E-state index in [2.05, 4.69) is 26.2 Å². The molecule has 0 radical (unpaired) electrons. The van der Waals surface area contributed by atoms with Gasteiger partial charge in [-0.2, -0.15) is 0 Å². The molecule has 11 heteroatoms. The molecule has 1 aromatic heterocycles. The van der Waals surface area contributed by atoms with Gasteiger partial charge in [0, 0.05) is 22.7 Å². The van der Waals surface area contributed by atoms with Crippen LogP contribution in [0.1, 0.15) is 16.6 Å². The third-order valence-electron chi connectivity index (χ3n) is 9.88. The van der Waals surface area contributed by atoms with Crippen molar-refractivity contribution in [3.63, 3.8) is 0 Å². The Morgan fingerprint density at radius 1 is 1.17 bits per heavy atom. The largest absolute Gasteiger partial charge is 0.481 e. The van der Waals surface area contributed by atoms with Gasteiger partial charge in [0.05, 0.1) is 22.6 Å². The molecule has 1 aliphatic heterocycles. The Kier molecular flexibility index (Phi) is 3.52. The van der Waals surface area contributed by atoms with Crippen molar-refractivity contribution >= 4 is 45.0 Å². The zero-order valence-electron chi connectivity index (χ0n) is 18.0. The molecule has 2 aromatic rings. The van der Waals surface area contributed by atoms with Crippen molar-refractivity contribution in [1.82, 2.24) is 10.3 Å². The molecule has 0 bridgehead atoms. The van der Waals surface area contributed by atoms with Crippen molar-refractivity contribution in [2.75, 3.05) is 7.11 Å². The van der Waals surface area contributed by atoms with E-state index in [9.17, 15) is 23.5 Å². The molecule has 0 unspecified atom stereocenters. The number of carboxylic acid groups (broad SMARTS) is 1. The number of carbonyl (C=O) groups is 2. The summed E-state index contributed by atoms with van der Waals surface area (Å²) in [6.07, 6.45) is 1.65. The number of esters is 1. The molecule has 0 saturated heterocycles. The first-order valence-corrected chi connectivity index (χ1v) is 12.9. The molecule has 2 N–H and O–H groups in total. The molecule has 7 aliphatic rings. The third-order valence-corrected chi connectivity index (χ3v) is 11.5. The van der Waals surface area contributed by atoms with E-state index in [0.29, 0.717) is 22.1 Å². The van der Waals surface area contributed by atoms with Gasteiger partial charge in [-0.3, -0.25) is 9.79 Å². The second kappa shape index (κ2) is 6.00. The van der Waals surface area contributed by atoms with Crippen molar-refractivity contribution in [3.05, 3.63) is 61.7 Å². The molecule has 0 amide bonds. The normalized spacial score (nSPS) is 42.3. The van der Waals surface area contributed by atoms with Gasteiger partial charge >= 0.3 is 11.9 Å². The predicted octanol–water partition coefficient (Wildman–Crippen LogP) is 3.52. The number of nitrogens with one attached hydrogen (secondary N) is 1. The molecule has 0 spiro atoms. The van der Waals surface area contributed by atoms with Crippen molar-refractivity contribution in [2.24, 2.45) is 51.3 Å². The molecule has 2 heterocycles. The summed E-state index contributed by atoms with van der Waals surface area (Å²) in [6.45, 7) is 0. The van der Waals surface area contributed by atoms with E-state index in [1.54, 1.807) is 6.20 Å². The maximum atomic E-state index is 14.6. The van der Waals surface area contributed by atoms with E-state index in [1.807, 2.05) is 5.38 Å². The van der Waals surface area contributed by atoms with Gasteiger partial charge in [-0.15, -0.1) is 11.3 Å². The van der Waals surface area contributed by atoms with Gasteiger partial charge in [-0.25, -0.2) is 18.6 Å². The predicted molar refractivity (Wildman–Crippen MR) is 121 cm³/mol. The number of hydrogen-bond acceptors (Lipinski definition) is 7. The topological polar surface area (TPSA) is 101 Å². The van der Waals surface area contributed by atoms with Gasteiger partial charge in [-0.1, -0.05) is 6.07 Å². The van der Waals surface area contributed by atoms with E-state index < -0.39 is 35.0 Å². The van der Waals surface area contributed by atoms with E-state index in [4.69, 9.17) is 9.73 Å². The van der Waals surface area contributed by atoms with Crippen LogP contribution >= 0.6 is 27.3 Å². The van der Waals surface area contributed by atoms with E-state index >= 15 is 0 Å². The van der Waals surface area contributed by atoms with E-state index in [-0.39, 0.29) is 51.0 Å². The van der Waals surface area contributed by atoms with Crippen LogP contribution in [0.5, 0.6) is 0 Å². The Hall–Kier alpha value is -2.66. The number of methoxy groups -OCH3 is 1. The monoisotopic (exact) mass is 559 g/mol. The first-order valence-electron chi connectivity index (χ1n) is 11.3. The summed E-state index contributed by atoms with van der Waals surface area (Å²) in [5, 5.41) is 15.7. The van der Waals surface area contributed by atoms with Crippen LogP contribution < -0.4 is 5.32 Å². The van der Waals surface area contributed by atoms with Crippen molar-refractivity contribution in [2.45, 2.75) is 6.04 Å². The molecule has 6 fully saturated rings. The molecule has 35 heavy (non-hydrogen) atoms. The fourth-order valence-corrected chi connectivity index (χ4v) is 10.2. The molecule has 6 saturated carbocycles. The minimum Gasteiger partial charge on any atom is -0.481 e. The molecule has 6 aliphatic carbocycles. The number of carboxylic acids is 1. The molecular formula is C24H16BrF2N3O4S. The summed E-state index contributed by atoms with van der Waals surface area (Å²) in [6, 6.07) is 1.49. The van der Waals surface area contributed by atoms with Crippen LogP contribution in [0, 0.1) is 58.0 Å². The molecular weight excluding hydrogens is 544 g/mol. The molecule has 9 rings (SSSR count). The first kappa shape index (κ1) is 20.5. The summed E-state index contributed by atoms with van der Waals surface area (Å²) < 4.78 is 33.6. The number of halogens is 3. The first-order chi connectivity index (χ1) is 16.8. The minimum atomic E-state index is -1.06. The lowest BCUT2D eigenvalue weighted by molar-refractivity contribution is -0.633. The summed E-state index contributed by atoms with van der Waals surface area (Å²) >= 11 is 4.54. The number of aliphatic carboxylic acids is 1. The summed E-state index contributed by atoms with van der Waals surface area (Å²) in [4.78, 5) is 34.4. The number of ether oxygens (including phenoxy) is 1. The number of aliphatic imine (C=N–C) groups is 1. The number of amidine groups is 1. The van der Waals surface area contributed by atoms with Gasteiger partial charge in [-0.05, 0) is 63.1 Å². The van der Waals surface area contributed by atoms with Crippen LogP contribution in [-0.4, -0.2) is 35.0 Å². The number of allylic oxidation sites excluding steroid dienone is 1. The summed E-state index contributed by atoms with van der Waals surface area (Å²) in [5.74, 6) is -1.89. The van der Waals surface area contributed by atoms with Crippen LogP contribution in [0.2, 0.25) is 0 Å². The quantitative estimate of drug-likeness (QED) is 0.429. The minimum absolute atomic E-state index is 0.105. The van der Waals surface area contributed by atoms with Gasteiger partial charge in [0.15, 0.2) is 22.5 Å². The number of aromatic nitrogens is 1. The number of rotatable bonds is 5. The Balaban J connectivity index is 1.31. The standard InChI is InChI=1S/C24H16BrF2N3O4S/c1-34-21(31)8-17(6-2-3-7(26)16(27)15(6)25)29-19(20-28-4-5-35-20)30-18(8)23-9-12-10(23)14-11(23)13(9)24(12,14)22(32)33/h2-5,9-14,17H,1H3,(H,29,30)(H,32,33)/t9?,10?,11?,12?,13?,14?,17-,23?,24?/m1/s1. The lowest BCUT2D eigenvalue weighted by Crippen LogP contribution is -3.11. The number of hydrogen-bond donors (Lipinski definition) is 2.